The Balaban J connectivity index is 1.77. The summed E-state index contributed by atoms with van der Waals surface area (Å²) in [4.78, 5) is 35.9. The fourth-order valence-corrected chi connectivity index (χ4v) is 2.82. The molecule has 0 unspecified atom stereocenters. The van der Waals surface area contributed by atoms with Crippen LogP contribution >= 0.6 is 15.9 Å². The average Bonchev–Trinajstić information content (AvgIpc) is 2.62. The third-order valence-corrected chi connectivity index (χ3v) is 4.58. The van der Waals surface area contributed by atoms with Gasteiger partial charge in [0.1, 0.15) is 0 Å². The lowest BCUT2D eigenvalue weighted by Gasteiger charge is -2.10. The Morgan fingerprint density at radius 3 is 2.19 bits per heavy atom. The summed E-state index contributed by atoms with van der Waals surface area (Å²) in [5, 5.41) is 7.77. The van der Waals surface area contributed by atoms with Crippen molar-refractivity contribution in [3.8, 4) is 0 Å². The van der Waals surface area contributed by atoms with Gasteiger partial charge < -0.3 is 16.0 Å². The Bertz CT molecular complexity index is 881. The molecule has 27 heavy (non-hydrogen) atoms. The van der Waals surface area contributed by atoms with Crippen molar-refractivity contribution in [2.45, 2.75) is 20.8 Å². The maximum Gasteiger partial charge on any atom is 0.251 e. The number of hydrogen-bond donors (Lipinski definition) is 3. The largest absolute Gasteiger partial charge is 0.345 e. The molecule has 7 heteroatoms. The molecule has 3 amide bonds. The highest BCUT2D eigenvalue weighted by Gasteiger charge is 2.11. The SMILES string of the molecule is Cc1ccc(C(=O)NCC(=O)NCC(=O)Nc2ccc(Br)cc2C)cc1C. The van der Waals surface area contributed by atoms with Crippen LogP contribution in [0, 0.1) is 20.8 Å². The first kappa shape index (κ1) is 20.6. The molecule has 142 valence electrons. The molecule has 0 bridgehead atoms. The van der Waals surface area contributed by atoms with Crippen LogP contribution in [0.15, 0.2) is 40.9 Å². The summed E-state index contributed by atoms with van der Waals surface area (Å²) in [5.41, 5.74) is 4.18. The van der Waals surface area contributed by atoms with Gasteiger partial charge in [0.25, 0.3) is 5.91 Å². The van der Waals surface area contributed by atoms with Gasteiger partial charge in [0, 0.05) is 15.7 Å². The van der Waals surface area contributed by atoms with Crippen LogP contribution in [0.3, 0.4) is 0 Å². The summed E-state index contributed by atoms with van der Waals surface area (Å²) in [5.74, 6) is -1.10. The number of hydrogen-bond acceptors (Lipinski definition) is 3. The van der Waals surface area contributed by atoms with Crippen molar-refractivity contribution in [3.63, 3.8) is 0 Å². The fraction of sp³-hybridized carbons (Fsp3) is 0.250. The number of rotatable bonds is 6. The number of halogens is 1. The number of aryl methyl sites for hydroxylation is 3. The third kappa shape index (κ3) is 6.21. The van der Waals surface area contributed by atoms with E-state index >= 15 is 0 Å². The van der Waals surface area contributed by atoms with E-state index in [9.17, 15) is 14.4 Å². The Morgan fingerprint density at radius 2 is 1.52 bits per heavy atom. The van der Waals surface area contributed by atoms with Gasteiger partial charge in [-0.25, -0.2) is 0 Å². The normalized spacial score (nSPS) is 10.2. The van der Waals surface area contributed by atoms with E-state index in [0.29, 0.717) is 11.3 Å². The van der Waals surface area contributed by atoms with Crippen LogP contribution in [-0.4, -0.2) is 30.8 Å². The first-order valence-electron chi connectivity index (χ1n) is 8.44. The van der Waals surface area contributed by atoms with Crippen LogP contribution < -0.4 is 16.0 Å². The highest BCUT2D eigenvalue weighted by atomic mass is 79.9. The molecule has 0 atom stereocenters. The van der Waals surface area contributed by atoms with E-state index in [1.165, 1.54) is 0 Å². The van der Waals surface area contributed by atoms with Gasteiger partial charge in [-0.2, -0.15) is 0 Å². The van der Waals surface area contributed by atoms with Gasteiger partial charge in [-0.1, -0.05) is 22.0 Å². The molecule has 2 rings (SSSR count). The minimum atomic E-state index is -0.435. The van der Waals surface area contributed by atoms with Crippen LogP contribution in [0.25, 0.3) is 0 Å². The zero-order valence-electron chi connectivity index (χ0n) is 15.5. The molecule has 0 spiro atoms. The van der Waals surface area contributed by atoms with Gasteiger partial charge in [0.2, 0.25) is 11.8 Å². The second-order valence-corrected chi connectivity index (χ2v) is 7.18. The standard InChI is InChI=1S/C20H22BrN3O3/c1-12-4-5-15(8-13(12)2)20(27)23-10-18(25)22-11-19(26)24-17-7-6-16(21)9-14(17)3/h4-9H,10-11H2,1-3H3,(H,22,25)(H,23,27)(H,24,26). The van der Waals surface area contributed by atoms with Crippen LogP contribution in [0.2, 0.25) is 0 Å². The quantitative estimate of drug-likeness (QED) is 0.656. The summed E-state index contributed by atoms with van der Waals surface area (Å²) >= 11 is 3.36. The van der Waals surface area contributed by atoms with E-state index in [1.807, 2.05) is 39.0 Å². The van der Waals surface area contributed by atoms with Gasteiger partial charge >= 0.3 is 0 Å². The number of carbonyl (C=O) groups is 3. The minimum Gasteiger partial charge on any atom is -0.345 e. The minimum absolute atomic E-state index is 0.173. The molecular weight excluding hydrogens is 410 g/mol. The molecule has 3 N–H and O–H groups in total. The first-order valence-corrected chi connectivity index (χ1v) is 9.23. The van der Waals surface area contributed by atoms with Gasteiger partial charge in [0.05, 0.1) is 13.1 Å². The van der Waals surface area contributed by atoms with E-state index in [1.54, 1.807) is 18.2 Å². The van der Waals surface area contributed by atoms with Crippen molar-refractivity contribution in [3.05, 3.63) is 63.1 Å². The van der Waals surface area contributed by atoms with Crippen molar-refractivity contribution in [1.29, 1.82) is 0 Å². The maximum atomic E-state index is 12.1. The Labute approximate surface area is 166 Å². The van der Waals surface area contributed by atoms with Crippen LogP contribution in [0.4, 0.5) is 5.69 Å². The monoisotopic (exact) mass is 431 g/mol. The molecule has 0 saturated carbocycles. The van der Waals surface area contributed by atoms with Gasteiger partial charge in [0.15, 0.2) is 0 Å². The van der Waals surface area contributed by atoms with E-state index in [-0.39, 0.29) is 24.9 Å². The first-order chi connectivity index (χ1) is 12.8. The lowest BCUT2D eigenvalue weighted by molar-refractivity contribution is -0.123. The molecular formula is C20H22BrN3O3. The molecule has 0 aliphatic rings. The zero-order chi connectivity index (χ0) is 20.0. The Kier molecular flexibility index (Phi) is 7.12. The highest BCUT2D eigenvalue weighted by molar-refractivity contribution is 9.10. The van der Waals surface area contributed by atoms with E-state index in [4.69, 9.17) is 0 Å². The predicted molar refractivity (Wildman–Crippen MR) is 109 cm³/mol. The summed E-state index contributed by atoms with van der Waals surface area (Å²) in [6, 6.07) is 10.8. The van der Waals surface area contributed by atoms with Crippen LogP contribution in [0.1, 0.15) is 27.0 Å². The molecule has 0 aliphatic heterocycles. The molecule has 2 aromatic carbocycles. The van der Waals surface area contributed by atoms with Gasteiger partial charge in [-0.15, -0.1) is 0 Å². The topological polar surface area (TPSA) is 87.3 Å². The molecule has 0 fully saturated rings. The Hall–Kier alpha value is -2.67. The average molecular weight is 432 g/mol. The van der Waals surface area contributed by atoms with E-state index in [2.05, 4.69) is 31.9 Å². The molecule has 0 saturated heterocycles. The number of carbonyl (C=O) groups excluding carboxylic acids is 3. The van der Waals surface area contributed by atoms with Crippen LogP contribution in [0.5, 0.6) is 0 Å². The van der Waals surface area contributed by atoms with Crippen molar-refractivity contribution < 1.29 is 14.4 Å². The molecule has 0 heterocycles. The smallest absolute Gasteiger partial charge is 0.251 e. The maximum absolute atomic E-state index is 12.1. The molecule has 0 aliphatic carbocycles. The number of anilines is 1. The van der Waals surface area contributed by atoms with Crippen molar-refractivity contribution in [1.82, 2.24) is 10.6 Å². The second-order valence-electron chi connectivity index (χ2n) is 6.27. The number of nitrogens with one attached hydrogen (secondary N) is 3. The summed E-state index contributed by atoms with van der Waals surface area (Å²) in [7, 11) is 0. The molecule has 6 nitrogen and oxygen atoms in total. The third-order valence-electron chi connectivity index (χ3n) is 4.09. The van der Waals surface area contributed by atoms with Gasteiger partial charge in [-0.3, -0.25) is 14.4 Å². The summed E-state index contributed by atoms with van der Waals surface area (Å²) in [6.07, 6.45) is 0. The molecule has 0 aromatic heterocycles. The predicted octanol–water partition coefficient (Wildman–Crippen LogP) is 2.86. The van der Waals surface area contributed by atoms with Crippen molar-refractivity contribution in [2.24, 2.45) is 0 Å². The fourth-order valence-electron chi connectivity index (χ4n) is 2.35. The number of amides is 3. The number of benzene rings is 2. The second kappa shape index (κ2) is 9.32. The Morgan fingerprint density at radius 1 is 0.815 bits per heavy atom. The van der Waals surface area contributed by atoms with Crippen molar-refractivity contribution >= 4 is 39.3 Å². The van der Waals surface area contributed by atoms with Crippen LogP contribution in [-0.2, 0) is 9.59 Å². The summed E-state index contributed by atoms with van der Waals surface area (Å²) < 4.78 is 0.922. The van der Waals surface area contributed by atoms with E-state index in [0.717, 1.165) is 21.2 Å². The van der Waals surface area contributed by atoms with E-state index < -0.39 is 5.91 Å². The van der Waals surface area contributed by atoms with Crippen molar-refractivity contribution in [2.75, 3.05) is 18.4 Å². The zero-order valence-corrected chi connectivity index (χ0v) is 17.1. The summed E-state index contributed by atoms with van der Waals surface area (Å²) in [6.45, 7) is 5.39. The lowest BCUT2D eigenvalue weighted by Crippen LogP contribution is -2.40. The van der Waals surface area contributed by atoms with Gasteiger partial charge in [-0.05, 0) is 67.8 Å². The lowest BCUT2D eigenvalue weighted by atomic mass is 10.1. The molecule has 0 radical (unpaired) electrons. The highest BCUT2D eigenvalue weighted by Crippen LogP contribution is 2.19. The molecule has 2 aromatic rings.